The van der Waals surface area contributed by atoms with Crippen LogP contribution >= 0.6 is 11.6 Å². The smallest absolute Gasteiger partial charge is 0.295 e. The van der Waals surface area contributed by atoms with Gasteiger partial charge in [0.15, 0.2) is 0 Å². The number of nitrogens with one attached hydrogen (secondary N) is 1. The summed E-state index contributed by atoms with van der Waals surface area (Å²) in [7, 11) is 4.46. The number of rotatable bonds is 9. The molecular formula is C26H26ClN3O6. The number of imidazole rings is 1. The van der Waals surface area contributed by atoms with Crippen molar-refractivity contribution in [2.75, 3.05) is 27.9 Å². The van der Waals surface area contributed by atoms with E-state index < -0.39 is 23.5 Å². The van der Waals surface area contributed by atoms with Crippen LogP contribution in [0.5, 0.6) is 17.2 Å². The average Bonchev–Trinajstić information content (AvgIpc) is 3.50. The predicted octanol–water partition coefficient (Wildman–Crippen LogP) is 2.30. The maximum atomic E-state index is 13.7. The van der Waals surface area contributed by atoms with E-state index in [0.29, 0.717) is 35.8 Å². The fraction of sp³-hybridized carbons (Fsp3) is 0.269. The van der Waals surface area contributed by atoms with E-state index in [4.69, 9.17) is 25.8 Å². The Kier molecular flexibility index (Phi) is 7.49. The molecule has 2 heterocycles. The van der Waals surface area contributed by atoms with Crippen LogP contribution in [0.15, 0.2) is 60.7 Å². The van der Waals surface area contributed by atoms with E-state index in [-0.39, 0.29) is 22.7 Å². The molecule has 1 unspecified atom stereocenters. The molecule has 1 aliphatic heterocycles. The van der Waals surface area contributed by atoms with Gasteiger partial charge in [-0.15, -0.1) is 0 Å². The SMILES string of the molecule is COc1ccc(OC)c(C2C(=C([O-])c3ccc(OC)c(Cl)c3)C(=O)C(=O)N2CCC[n+]2cc[nH]c2)c1. The van der Waals surface area contributed by atoms with Crippen LogP contribution in [0.1, 0.15) is 23.6 Å². The summed E-state index contributed by atoms with van der Waals surface area (Å²) in [6.45, 7) is 0.856. The third-order valence-corrected chi connectivity index (χ3v) is 6.39. The molecule has 1 N–H and O–H groups in total. The maximum absolute atomic E-state index is 13.7. The highest BCUT2D eigenvalue weighted by atomic mass is 35.5. The normalized spacial score (nSPS) is 16.9. The lowest BCUT2D eigenvalue weighted by atomic mass is 9.94. The summed E-state index contributed by atoms with van der Waals surface area (Å²) in [5.41, 5.74) is 0.490. The minimum atomic E-state index is -0.959. The molecule has 1 atom stereocenters. The lowest BCUT2D eigenvalue weighted by molar-refractivity contribution is -0.695. The molecule has 1 fully saturated rings. The van der Waals surface area contributed by atoms with Crippen molar-refractivity contribution in [3.05, 3.63) is 76.8 Å². The second-order valence-electron chi connectivity index (χ2n) is 8.13. The van der Waals surface area contributed by atoms with Crippen LogP contribution in [0.4, 0.5) is 0 Å². The third kappa shape index (κ3) is 4.74. The molecule has 1 aromatic heterocycles. The Labute approximate surface area is 213 Å². The number of halogens is 1. The van der Waals surface area contributed by atoms with Crippen LogP contribution in [0.3, 0.4) is 0 Å². The first kappa shape index (κ1) is 25.1. The Morgan fingerprint density at radius 2 is 1.83 bits per heavy atom. The highest BCUT2D eigenvalue weighted by Crippen LogP contribution is 2.43. The highest BCUT2D eigenvalue weighted by Gasteiger charge is 2.45. The molecule has 0 spiro atoms. The molecule has 4 rings (SSSR count). The number of H-pyrrole nitrogens is 1. The van der Waals surface area contributed by atoms with Gasteiger partial charge in [0.05, 0.1) is 38.9 Å². The van der Waals surface area contributed by atoms with Crippen LogP contribution in [0.2, 0.25) is 5.02 Å². The second-order valence-corrected chi connectivity index (χ2v) is 8.54. The fourth-order valence-electron chi connectivity index (χ4n) is 4.32. The molecule has 1 saturated heterocycles. The molecule has 36 heavy (non-hydrogen) atoms. The van der Waals surface area contributed by atoms with Crippen molar-refractivity contribution in [2.45, 2.75) is 19.0 Å². The van der Waals surface area contributed by atoms with Gasteiger partial charge in [-0.2, -0.15) is 0 Å². The van der Waals surface area contributed by atoms with Crippen LogP contribution in [0.25, 0.3) is 5.76 Å². The van der Waals surface area contributed by atoms with E-state index in [1.807, 2.05) is 10.8 Å². The van der Waals surface area contributed by atoms with Crippen molar-refractivity contribution in [3.8, 4) is 17.2 Å². The molecule has 0 saturated carbocycles. The Morgan fingerprint density at radius 3 is 2.47 bits per heavy atom. The Bertz CT molecular complexity index is 1310. The molecular weight excluding hydrogens is 486 g/mol. The number of methoxy groups -OCH3 is 3. The largest absolute Gasteiger partial charge is 0.872 e. The van der Waals surface area contributed by atoms with Crippen molar-refractivity contribution < 1.29 is 33.5 Å². The number of hydrogen-bond acceptors (Lipinski definition) is 6. The summed E-state index contributed by atoms with van der Waals surface area (Å²) in [6, 6.07) is 8.60. The standard InChI is InChI=1S/C26H26ClN3O6/c1-34-17-6-8-20(35-2)18(14-17)23-22(24(31)16-5-7-21(36-3)19(27)13-16)25(32)26(33)30(23)11-4-10-29-12-9-28-15-29/h5-9,12-15,23H,4,10-11H2,1-3H3,(H,31,32). The quantitative estimate of drug-likeness (QED) is 0.204. The molecule has 10 heteroatoms. The van der Waals surface area contributed by atoms with E-state index in [1.54, 1.807) is 36.8 Å². The zero-order chi connectivity index (χ0) is 25.8. The number of ketones is 1. The maximum Gasteiger partial charge on any atom is 0.295 e. The molecule has 0 radical (unpaired) electrons. The molecule has 2 aromatic carbocycles. The average molecular weight is 512 g/mol. The zero-order valence-corrected chi connectivity index (χ0v) is 20.9. The van der Waals surface area contributed by atoms with Crippen LogP contribution in [-0.4, -0.2) is 49.4 Å². The third-order valence-electron chi connectivity index (χ3n) is 6.09. The molecule has 0 aliphatic carbocycles. The van der Waals surface area contributed by atoms with Gasteiger partial charge >= 0.3 is 0 Å². The zero-order valence-electron chi connectivity index (χ0n) is 20.1. The number of benzene rings is 2. The van der Waals surface area contributed by atoms with Crippen molar-refractivity contribution in [1.82, 2.24) is 9.88 Å². The summed E-state index contributed by atoms with van der Waals surface area (Å²) in [5, 5.41) is 13.9. The molecule has 0 bridgehead atoms. The van der Waals surface area contributed by atoms with Crippen molar-refractivity contribution in [2.24, 2.45) is 0 Å². The van der Waals surface area contributed by atoms with E-state index >= 15 is 0 Å². The van der Waals surface area contributed by atoms with Gasteiger partial charge in [0.25, 0.3) is 5.91 Å². The number of aromatic amines is 1. The van der Waals surface area contributed by atoms with Gasteiger partial charge in [0.2, 0.25) is 12.1 Å². The number of likely N-dealkylation sites (tertiary alicyclic amines) is 1. The molecule has 1 amide bonds. The fourth-order valence-corrected chi connectivity index (χ4v) is 4.58. The van der Waals surface area contributed by atoms with Crippen molar-refractivity contribution in [3.63, 3.8) is 0 Å². The van der Waals surface area contributed by atoms with Crippen LogP contribution in [0, 0.1) is 0 Å². The van der Waals surface area contributed by atoms with Gasteiger partial charge in [-0.3, -0.25) is 14.6 Å². The number of nitrogens with zero attached hydrogens (tertiary/aromatic N) is 2. The minimum Gasteiger partial charge on any atom is -0.872 e. The second kappa shape index (κ2) is 10.7. The number of carbonyl (C=O) groups is 2. The number of ether oxygens (including phenoxy) is 3. The van der Waals surface area contributed by atoms with Crippen molar-refractivity contribution in [1.29, 1.82) is 0 Å². The van der Waals surface area contributed by atoms with E-state index in [1.165, 1.54) is 38.4 Å². The first-order valence-corrected chi connectivity index (χ1v) is 11.6. The molecule has 1 aliphatic rings. The van der Waals surface area contributed by atoms with Gasteiger partial charge in [-0.05, 0) is 35.9 Å². The van der Waals surface area contributed by atoms with E-state index in [2.05, 4.69) is 4.98 Å². The lowest BCUT2D eigenvalue weighted by Crippen LogP contribution is -2.36. The number of aromatic nitrogens is 2. The minimum absolute atomic E-state index is 0.165. The van der Waals surface area contributed by atoms with Crippen LogP contribution < -0.4 is 23.9 Å². The monoisotopic (exact) mass is 511 g/mol. The summed E-state index contributed by atoms with van der Waals surface area (Å²) in [6.07, 6.45) is 6.02. The topological polar surface area (TPSA) is 108 Å². The first-order chi connectivity index (χ1) is 17.4. The van der Waals surface area contributed by atoms with Crippen molar-refractivity contribution >= 4 is 29.1 Å². The van der Waals surface area contributed by atoms with Gasteiger partial charge in [-0.25, -0.2) is 4.57 Å². The molecule has 188 valence electrons. The number of carbonyl (C=O) groups excluding carboxylic acids is 2. The van der Waals surface area contributed by atoms with Crippen LogP contribution in [-0.2, 0) is 16.1 Å². The summed E-state index contributed by atoms with van der Waals surface area (Å²) >= 11 is 6.24. The van der Waals surface area contributed by atoms with Gasteiger partial charge in [-0.1, -0.05) is 23.4 Å². The summed E-state index contributed by atoms with van der Waals surface area (Å²) in [4.78, 5) is 30.9. The molecule has 3 aromatic rings. The highest BCUT2D eigenvalue weighted by molar-refractivity contribution is 6.46. The van der Waals surface area contributed by atoms with Gasteiger partial charge in [0, 0.05) is 24.1 Å². The summed E-state index contributed by atoms with van der Waals surface area (Å²) in [5.74, 6) is -0.869. The number of aryl methyl sites for hydroxylation is 1. The van der Waals surface area contributed by atoms with E-state index in [0.717, 1.165) is 0 Å². The molecule has 9 nitrogen and oxygen atoms in total. The number of amides is 1. The Hall–Kier alpha value is -3.98. The number of Topliss-reactive ketones (excluding diaryl/α,β-unsaturated/α-hetero) is 1. The first-order valence-electron chi connectivity index (χ1n) is 11.2. The Balaban J connectivity index is 1.83. The van der Waals surface area contributed by atoms with E-state index in [9.17, 15) is 14.7 Å². The Morgan fingerprint density at radius 1 is 1.08 bits per heavy atom. The van der Waals surface area contributed by atoms with Gasteiger partial charge < -0.3 is 24.2 Å². The van der Waals surface area contributed by atoms with Gasteiger partial charge in [0.1, 0.15) is 29.6 Å². The lowest BCUT2D eigenvalue weighted by Gasteiger charge is -2.28. The summed E-state index contributed by atoms with van der Waals surface area (Å²) < 4.78 is 18.0. The predicted molar refractivity (Wildman–Crippen MR) is 130 cm³/mol. The number of hydrogen-bond donors (Lipinski definition) is 1.